The summed E-state index contributed by atoms with van der Waals surface area (Å²) in [4.78, 5) is 26.1. The van der Waals surface area contributed by atoms with Crippen molar-refractivity contribution in [3.05, 3.63) is 68.0 Å². The van der Waals surface area contributed by atoms with E-state index in [1.54, 1.807) is 36.4 Å². The van der Waals surface area contributed by atoms with Gasteiger partial charge in [0, 0.05) is 15.1 Å². The zero-order valence-corrected chi connectivity index (χ0v) is 15.4. The second-order valence-electron chi connectivity index (χ2n) is 5.10. The molecule has 1 saturated heterocycles. The zero-order valence-electron chi connectivity index (χ0n) is 12.2. The van der Waals surface area contributed by atoms with Crippen LogP contribution in [0.5, 0.6) is 5.75 Å². The molecule has 24 heavy (non-hydrogen) atoms. The van der Waals surface area contributed by atoms with Crippen molar-refractivity contribution in [2.45, 2.75) is 6.54 Å². The lowest BCUT2D eigenvalue weighted by Crippen LogP contribution is -2.27. The first kappa shape index (κ1) is 17.1. The van der Waals surface area contributed by atoms with Gasteiger partial charge in [-0.25, -0.2) is 0 Å². The molecule has 2 aromatic carbocycles. The molecule has 0 spiro atoms. The van der Waals surface area contributed by atoms with Gasteiger partial charge in [0.1, 0.15) is 5.75 Å². The molecule has 1 aliphatic heterocycles. The van der Waals surface area contributed by atoms with E-state index in [9.17, 15) is 14.7 Å². The fourth-order valence-electron chi connectivity index (χ4n) is 2.19. The third kappa shape index (κ3) is 3.66. The molecule has 0 aromatic heterocycles. The predicted octanol–water partition coefficient (Wildman–Crippen LogP) is 5.04. The summed E-state index contributed by atoms with van der Waals surface area (Å²) in [6.07, 6.45) is 1.52. The number of aromatic hydroxyl groups is 1. The van der Waals surface area contributed by atoms with Crippen molar-refractivity contribution < 1.29 is 14.7 Å². The number of benzene rings is 2. The number of thioether (sulfide) groups is 1. The topological polar surface area (TPSA) is 57.6 Å². The van der Waals surface area contributed by atoms with E-state index in [4.69, 9.17) is 11.6 Å². The third-order valence-electron chi connectivity index (χ3n) is 3.40. The summed E-state index contributed by atoms with van der Waals surface area (Å²) in [7, 11) is 0. The highest BCUT2D eigenvalue weighted by Crippen LogP contribution is 2.35. The highest BCUT2D eigenvalue weighted by atomic mass is 79.9. The fourth-order valence-corrected chi connectivity index (χ4v) is 3.52. The normalized spacial score (nSPS) is 16.2. The van der Waals surface area contributed by atoms with Gasteiger partial charge in [-0.15, -0.1) is 0 Å². The van der Waals surface area contributed by atoms with Crippen LogP contribution in [0.25, 0.3) is 6.08 Å². The Kier molecular flexibility index (Phi) is 4.99. The quantitative estimate of drug-likeness (QED) is 0.701. The van der Waals surface area contributed by atoms with Crippen LogP contribution in [0.4, 0.5) is 4.79 Å². The number of hydrogen-bond donors (Lipinski definition) is 1. The van der Waals surface area contributed by atoms with E-state index in [-0.39, 0.29) is 28.3 Å². The Morgan fingerprint density at radius 1 is 1.17 bits per heavy atom. The molecule has 2 aromatic rings. The van der Waals surface area contributed by atoms with E-state index < -0.39 is 0 Å². The maximum Gasteiger partial charge on any atom is 0.293 e. The minimum atomic E-state index is -0.376. The van der Waals surface area contributed by atoms with Crippen molar-refractivity contribution in [1.82, 2.24) is 4.90 Å². The molecule has 0 atom stereocenters. The number of phenolic OH excluding ortho intramolecular Hbond substituents is 1. The third-order valence-corrected chi connectivity index (χ3v) is 5.06. The smallest absolute Gasteiger partial charge is 0.293 e. The molecular weight excluding hydrogens is 414 g/mol. The second-order valence-corrected chi connectivity index (χ2v) is 7.44. The van der Waals surface area contributed by atoms with Crippen LogP contribution in [-0.4, -0.2) is 21.2 Å². The summed E-state index contributed by atoms with van der Waals surface area (Å²) in [5.41, 5.74) is 1.29. The second kappa shape index (κ2) is 7.01. The molecule has 2 amide bonds. The van der Waals surface area contributed by atoms with E-state index in [1.807, 2.05) is 0 Å². The van der Waals surface area contributed by atoms with E-state index in [0.29, 0.717) is 10.6 Å². The molecule has 0 bridgehead atoms. The Hall–Kier alpha value is -1.76. The van der Waals surface area contributed by atoms with Crippen LogP contribution in [0.3, 0.4) is 0 Å². The highest BCUT2D eigenvalue weighted by molar-refractivity contribution is 9.10. The van der Waals surface area contributed by atoms with Gasteiger partial charge in [-0.3, -0.25) is 14.5 Å². The van der Waals surface area contributed by atoms with Crippen LogP contribution >= 0.6 is 39.3 Å². The summed E-state index contributed by atoms with van der Waals surface area (Å²) < 4.78 is 0.770. The predicted molar refractivity (Wildman–Crippen MR) is 98.8 cm³/mol. The Balaban J connectivity index is 1.84. The van der Waals surface area contributed by atoms with E-state index in [2.05, 4.69) is 15.9 Å². The zero-order chi connectivity index (χ0) is 17.3. The number of imide groups is 1. The lowest BCUT2D eigenvalue weighted by molar-refractivity contribution is -0.123. The number of nitrogens with zero attached hydrogens (tertiary/aromatic N) is 1. The molecule has 0 radical (unpaired) electrons. The molecule has 4 nitrogen and oxygen atoms in total. The number of carbonyl (C=O) groups excluding carboxylic acids is 2. The molecule has 1 N–H and O–H groups in total. The lowest BCUT2D eigenvalue weighted by atomic mass is 10.2. The SMILES string of the molecule is O=C1S/C(=C\c2cc(Br)ccc2O)C(=O)N1Cc1ccc(Cl)cc1. The summed E-state index contributed by atoms with van der Waals surface area (Å²) in [6.45, 7) is 0.184. The minimum absolute atomic E-state index is 0.0442. The van der Waals surface area contributed by atoms with Crippen LogP contribution in [-0.2, 0) is 11.3 Å². The average Bonchev–Trinajstić information content (AvgIpc) is 2.80. The Labute approximate surface area is 156 Å². The maximum absolute atomic E-state index is 12.5. The number of halogens is 2. The molecule has 1 aliphatic rings. The number of carbonyl (C=O) groups is 2. The summed E-state index contributed by atoms with van der Waals surface area (Å²) >= 11 is 10.0. The van der Waals surface area contributed by atoms with Crippen LogP contribution in [0.15, 0.2) is 51.8 Å². The standard InChI is InChI=1S/C17H11BrClNO3S/c18-12-3-6-14(21)11(7-12)8-15-16(22)20(17(23)24-15)9-10-1-4-13(19)5-2-10/h1-8,21H,9H2/b15-8-. The fraction of sp³-hybridized carbons (Fsp3) is 0.0588. The Morgan fingerprint density at radius 3 is 2.58 bits per heavy atom. The summed E-state index contributed by atoms with van der Waals surface area (Å²) in [5, 5.41) is 10.1. The van der Waals surface area contributed by atoms with Crippen molar-refractivity contribution in [3.63, 3.8) is 0 Å². The number of rotatable bonds is 3. The molecular formula is C17H11BrClNO3S. The van der Waals surface area contributed by atoms with E-state index >= 15 is 0 Å². The van der Waals surface area contributed by atoms with Crippen molar-refractivity contribution in [2.75, 3.05) is 0 Å². The van der Waals surface area contributed by atoms with Crippen LogP contribution in [0, 0.1) is 0 Å². The first-order valence-corrected chi connectivity index (χ1v) is 8.91. The largest absolute Gasteiger partial charge is 0.507 e. The summed E-state index contributed by atoms with van der Waals surface area (Å²) in [6, 6.07) is 11.9. The molecule has 1 heterocycles. The Bertz CT molecular complexity index is 851. The average molecular weight is 425 g/mol. The molecule has 0 saturated carbocycles. The van der Waals surface area contributed by atoms with E-state index in [1.165, 1.54) is 17.0 Å². The molecule has 1 fully saturated rings. The van der Waals surface area contributed by atoms with Crippen LogP contribution < -0.4 is 0 Å². The van der Waals surface area contributed by atoms with Crippen molar-refractivity contribution in [3.8, 4) is 5.75 Å². The van der Waals surface area contributed by atoms with Gasteiger partial charge in [0.05, 0.1) is 11.4 Å². The van der Waals surface area contributed by atoms with Gasteiger partial charge in [-0.05, 0) is 53.7 Å². The van der Waals surface area contributed by atoms with Gasteiger partial charge in [0.15, 0.2) is 0 Å². The monoisotopic (exact) mass is 423 g/mol. The van der Waals surface area contributed by atoms with Gasteiger partial charge < -0.3 is 5.11 Å². The van der Waals surface area contributed by atoms with E-state index in [0.717, 1.165) is 21.8 Å². The molecule has 0 aliphatic carbocycles. The van der Waals surface area contributed by atoms with Gasteiger partial charge in [-0.2, -0.15) is 0 Å². The van der Waals surface area contributed by atoms with Crippen molar-refractivity contribution in [1.29, 1.82) is 0 Å². The van der Waals surface area contributed by atoms with Crippen LogP contribution in [0.2, 0.25) is 5.02 Å². The van der Waals surface area contributed by atoms with Crippen molar-refractivity contribution >= 4 is 56.5 Å². The lowest BCUT2D eigenvalue weighted by Gasteiger charge is -2.12. The Morgan fingerprint density at radius 2 is 1.88 bits per heavy atom. The first-order chi connectivity index (χ1) is 11.4. The number of phenols is 1. The number of amides is 2. The number of hydrogen-bond acceptors (Lipinski definition) is 4. The summed E-state index contributed by atoms with van der Waals surface area (Å²) in [5.74, 6) is -0.331. The molecule has 0 unspecified atom stereocenters. The first-order valence-electron chi connectivity index (χ1n) is 6.92. The van der Waals surface area contributed by atoms with Crippen molar-refractivity contribution in [2.24, 2.45) is 0 Å². The van der Waals surface area contributed by atoms with Gasteiger partial charge in [0.25, 0.3) is 11.1 Å². The highest BCUT2D eigenvalue weighted by Gasteiger charge is 2.35. The molecule has 3 rings (SSSR count). The molecule has 7 heteroatoms. The minimum Gasteiger partial charge on any atom is -0.507 e. The van der Waals surface area contributed by atoms with Gasteiger partial charge in [-0.1, -0.05) is 39.7 Å². The molecule has 122 valence electrons. The maximum atomic E-state index is 12.5. The van der Waals surface area contributed by atoms with Crippen LogP contribution in [0.1, 0.15) is 11.1 Å². The van der Waals surface area contributed by atoms with Gasteiger partial charge >= 0.3 is 0 Å². The van der Waals surface area contributed by atoms with Gasteiger partial charge in [0.2, 0.25) is 0 Å².